The average Bonchev–Trinajstić information content (AvgIpc) is 3.45. The lowest BCUT2D eigenvalue weighted by molar-refractivity contribution is -0.146. The van der Waals surface area contributed by atoms with Crippen molar-refractivity contribution in [3.8, 4) is 0 Å². The molecule has 2 fully saturated rings. The van der Waals surface area contributed by atoms with Crippen molar-refractivity contribution in [2.75, 3.05) is 6.54 Å². The second-order valence-corrected chi connectivity index (χ2v) is 12.3. The molecule has 0 unspecified atom stereocenters. The Balaban J connectivity index is 1.79. The van der Waals surface area contributed by atoms with Crippen molar-refractivity contribution in [2.24, 2.45) is 11.8 Å². The number of rotatable bonds is 10. The van der Waals surface area contributed by atoms with Crippen LogP contribution in [0.25, 0.3) is 0 Å². The van der Waals surface area contributed by atoms with Gasteiger partial charge in [0.25, 0.3) is 5.91 Å². The first-order valence-electron chi connectivity index (χ1n) is 14.6. The lowest BCUT2D eigenvalue weighted by Crippen LogP contribution is -2.61. The van der Waals surface area contributed by atoms with Gasteiger partial charge < -0.3 is 25.4 Å². The number of aromatic nitrogens is 1. The Morgan fingerprint density at radius 3 is 2.36 bits per heavy atom. The molecule has 10 heteroatoms. The number of hydrogen-bond acceptors (Lipinski definition) is 6. The monoisotopic (exact) mass is 545 g/mol. The molecule has 4 atom stereocenters. The molecular weight excluding hydrogens is 498 g/mol. The Morgan fingerprint density at radius 2 is 1.74 bits per heavy atom. The number of carbonyl (C=O) groups is 4. The van der Waals surface area contributed by atoms with E-state index >= 15 is 0 Å². The Hall–Kier alpha value is -2.91. The lowest BCUT2D eigenvalue weighted by atomic mass is 9.84. The molecule has 2 heterocycles. The van der Waals surface area contributed by atoms with Crippen LogP contribution in [0.15, 0.2) is 16.8 Å². The van der Waals surface area contributed by atoms with Gasteiger partial charge in [0.1, 0.15) is 18.1 Å². The molecule has 10 nitrogen and oxygen atoms in total. The molecule has 3 N–H and O–H groups in total. The molecule has 1 aromatic heterocycles. The average molecular weight is 546 g/mol. The fourth-order valence-electron chi connectivity index (χ4n) is 5.59. The van der Waals surface area contributed by atoms with Crippen LogP contribution in [0.5, 0.6) is 0 Å². The van der Waals surface area contributed by atoms with Gasteiger partial charge in [0, 0.05) is 18.2 Å². The Kier molecular flexibility index (Phi) is 10.9. The van der Waals surface area contributed by atoms with Gasteiger partial charge in [-0.05, 0) is 58.3 Å². The molecule has 1 aliphatic heterocycles. The Morgan fingerprint density at radius 1 is 1.05 bits per heavy atom. The van der Waals surface area contributed by atoms with E-state index in [-0.39, 0.29) is 29.4 Å². The van der Waals surface area contributed by atoms with E-state index in [9.17, 15) is 19.2 Å². The molecule has 1 saturated heterocycles. The van der Waals surface area contributed by atoms with Crippen LogP contribution in [0.1, 0.15) is 109 Å². The van der Waals surface area contributed by atoms with Gasteiger partial charge in [-0.25, -0.2) is 0 Å². The van der Waals surface area contributed by atoms with Crippen LogP contribution in [-0.2, 0) is 14.4 Å². The second kappa shape index (κ2) is 13.9. The maximum Gasteiger partial charge on any atom is 0.290 e. The third kappa shape index (κ3) is 8.80. The summed E-state index contributed by atoms with van der Waals surface area (Å²) in [6.07, 6.45) is 10.2. The van der Waals surface area contributed by atoms with E-state index in [0.717, 1.165) is 38.5 Å². The molecule has 1 saturated carbocycles. The van der Waals surface area contributed by atoms with Gasteiger partial charge in [-0.1, -0.05) is 57.5 Å². The summed E-state index contributed by atoms with van der Waals surface area (Å²) < 4.78 is 5.00. The fourth-order valence-corrected chi connectivity index (χ4v) is 5.59. The van der Waals surface area contributed by atoms with Crippen LogP contribution in [0.2, 0.25) is 0 Å². The summed E-state index contributed by atoms with van der Waals surface area (Å²) in [5, 5.41) is 12.4. The van der Waals surface area contributed by atoms with E-state index in [2.05, 4.69) is 21.1 Å². The largest absolute Gasteiger partial charge is 0.351 e. The highest BCUT2D eigenvalue weighted by molar-refractivity contribution is 5.97. The fraction of sp³-hybridized carbons (Fsp3) is 0.759. The minimum atomic E-state index is -0.814. The molecule has 1 aromatic rings. The standard InChI is InChI=1S/C29H47N5O5/c1-6-19(2)24(28(38)34-17-11-10-14-22(34)26(36)33-29(3,4)5)32-25(35)21(18-20-12-8-7-9-13-20)31-27(37)23-15-16-30-39-23/h15-16,19-22,24H,6-14,17-18H2,1-5H3,(H,31,37)(H,32,35)(H,33,36)/t19-,21-,22-,24-/m0/s1. The topological polar surface area (TPSA) is 134 Å². The summed E-state index contributed by atoms with van der Waals surface area (Å²) in [4.78, 5) is 55.3. The summed E-state index contributed by atoms with van der Waals surface area (Å²) in [5.74, 6) is -1.12. The van der Waals surface area contributed by atoms with Crippen LogP contribution in [-0.4, -0.2) is 63.9 Å². The van der Waals surface area contributed by atoms with Gasteiger partial charge in [-0.2, -0.15) is 0 Å². The third-order valence-corrected chi connectivity index (χ3v) is 7.94. The number of hydrogen-bond donors (Lipinski definition) is 3. The van der Waals surface area contributed by atoms with Gasteiger partial charge in [0.15, 0.2) is 0 Å². The van der Waals surface area contributed by atoms with E-state index in [4.69, 9.17) is 4.52 Å². The zero-order valence-corrected chi connectivity index (χ0v) is 24.3. The molecule has 2 aliphatic rings. The first-order valence-corrected chi connectivity index (χ1v) is 14.6. The molecule has 3 rings (SSSR count). The predicted molar refractivity (Wildman–Crippen MR) is 148 cm³/mol. The van der Waals surface area contributed by atoms with Crippen LogP contribution >= 0.6 is 0 Å². The lowest BCUT2D eigenvalue weighted by Gasteiger charge is -2.39. The summed E-state index contributed by atoms with van der Waals surface area (Å²) in [5.41, 5.74) is -0.415. The Labute approximate surface area is 232 Å². The summed E-state index contributed by atoms with van der Waals surface area (Å²) in [6, 6.07) is -0.735. The van der Waals surface area contributed by atoms with Crippen LogP contribution in [0.4, 0.5) is 0 Å². The molecule has 0 spiro atoms. The van der Waals surface area contributed by atoms with Gasteiger partial charge in [-0.15, -0.1) is 0 Å². The molecular formula is C29H47N5O5. The van der Waals surface area contributed by atoms with Crippen molar-refractivity contribution < 1.29 is 23.7 Å². The minimum Gasteiger partial charge on any atom is -0.351 e. The molecule has 0 bridgehead atoms. The number of amides is 4. The van der Waals surface area contributed by atoms with Gasteiger partial charge in [-0.3, -0.25) is 19.2 Å². The van der Waals surface area contributed by atoms with E-state index in [1.165, 1.54) is 18.7 Å². The first kappa shape index (κ1) is 30.6. The summed E-state index contributed by atoms with van der Waals surface area (Å²) in [7, 11) is 0. The molecule has 1 aliphatic carbocycles. The number of nitrogens with zero attached hydrogens (tertiary/aromatic N) is 2. The number of piperidine rings is 1. The predicted octanol–water partition coefficient (Wildman–Crippen LogP) is 3.57. The van der Waals surface area contributed by atoms with E-state index < -0.39 is 29.6 Å². The van der Waals surface area contributed by atoms with Crippen LogP contribution in [0.3, 0.4) is 0 Å². The summed E-state index contributed by atoms with van der Waals surface area (Å²) in [6.45, 7) is 10.1. The molecule has 4 amide bonds. The molecule has 0 aromatic carbocycles. The second-order valence-electron chi connectivity index (χ2n) is 12.3. The molecule has 39 heavy (non-hydrogen) atoms. The normalized spacial score (nSPS) is 20.9. The number of carbonyl (C=O) groups excluding carboxylic acids is 4. The smallest absolute Gasteiger partial charge is 0.290 e. The maximum atomic E-state index is 14.0. The third-order valence-electron chi connectivity index (χ3n) is 7.94. The van der Waals surface area contributed by atoms with Crippen molar-refractivity contribution >= 4 is 23.6 Å². The zero-order chi connectivity index (χ0) is 28.6. The van der Waals surface area contributed by atoms with E-state index in [1.807, 2.05) is 34.6 Å². The highest BCUT2D eigenvalue weighted by Gasteiger charge is 2.39. The maximum absolute atomic E-state index is 14.0. The van der Waals surface area contributed by atoms with Gasteiger partial charge >= 0.3 is 0 Å². The van der Waals surface area contributed by atoms with Gasteiger partial charge in [0.05, 0.1) is 6.20 Å². The number of nitrogens with one attached hydrogen (secondary N) is 3. The van der Waals surface area contributed by atoms with E-state index in [1.54, 1.807) is 4.90 Å². The molecule has 218 valence electrons. The van der Waals surface area contributed by atoms with Crippen LogP contribution in [0, 0.1) is 11.8 Å². The Bertz CT molecular complexity index is 967. The van der Waals surface area contributed by atoms with Crippen molar-refractivity contribution in [1.82, 2.24) is 26.0 Å². The SMILES string of the molecule is CC[C@H](C)[C@H](NC(=O)[C@H](CC1CCCCC1)NC(=O)c1ccno1)C(=O)N1CCCC[C@H]1C(=O)NC(C)(C)C. The zero-order valence-electron chi connectivity index (χ0n) is 24.3. The van der Waals surface area contributed by atoms with Gasteiger partial charge in [0.2, 0.25) is 23.5 Å². The van der Waals surface area contributed by atoms with E-state index in [0.29, 0.717) is 31.7 Å². The van der Waals surface area contributed by atoms with Crippen molar-refractivity contribution in [2.45, 2.75) is 122 Å². The molecule has 0 radical (unpaired) electrons. The van der Waals surface area contributed by atoms with Crippen LogP contribution < -0.4 is 16.0 Å². The highest BCUT2D eigenvalue weighted by atomic mass is 16.5. The first-order chi connectivity index (χ1) is 18.5. The minimum absolute atomic E-state index is 0.0343. The quantitative estimate of drug-likeness (QED) is 0.412. The number of likely N-dealkylation sites (tertiary alicyclic amines) is 1. The van der Waals surface area contributed by atoms with Crippen molar-refractivity contribution in [3.63, 3.8) is 0 Å². The van der Waals surface area contributed by atoms with Crippen molar-refractivity contribution in [1.29, 1.82) is 0 Å². The summed E-state index contributed by atoms with van der Waals surface area (Å²) >= 11 is 0. The highest BCUT2D eigenvalue weighted by Crippen LogP contribution is 2.28. The van der Waals surface area contributed by atoms with Crippen molar-refractivity contribution in [3.05, 3.63) is 18.0 Å².